The Morgan fingerprint density at radius 1 is 0.857 bits per heavy atom. The number of rotatable bonds is 4. The summed E-state index contributed by atoms with van der Waals surface area (Å²) in [5.41, 5.74) is 1.24. The molecule has 1 unspecified atom stereocenters. The monoisotopic (exact) mass is 451 g/mol. The van der Waals surface area contributed by atoms with Crippen LogP contribution >= 0.6 is 47.0 Å². The van der Waals surface area contributed by atoms with Gasteiger partial charge in [-0.1, -0.05) is 89.4 Å². The molecule has 3 aromatic rings. The van der Waals surface area contributed by atoms with Crippen LogP contribution in [0.15, 0.2) is 72.8 Å². The highest BCUT2D eigenvalue weighted by atomic mass is 35.6. The molecule has 0 aromatic heterocycles. The lowest BCUT2D eigenvalue weighted by atomic mass is 10.1. The molecular formula is C20H16Cl3N3OS. The fourth-order valence-corrected chi connectivity index (χ4v) is 3.18. The van der Waals surface area contributed by atoms with Crippen LogP contribution in [0, 0.1) is 0 Å². The van der Waals surface area contributed by atoms with Gasteiger partial charge >= 0.3 is 0 Å². The van der Waals surface area contributed by atoms with Crippen molar-refractivity contribution >= 4 is 74.5 Å². The first kappa shape index (κ1) is 20.7. The van der Waals surface area contributed by atoms with Gasteiger partial charge in [0.25, 0.3) is 5.91 Å². The van der Waals surface area contributed by atoms with Gasteiger partial charge in [-0.05, 0) is 35.8 Å². The number of alkyl halides is 3. The van der Waals surface area contributed by atoms with Crippen LogP contribution in [0.3, 0.4) is 0 Å². The summed E-state index contributed by atoms with van der Waals surface area (Å²) in [6.45, 7) is 0. The van der Waals surface area contributed by atoms with Crippen molar-refractivity contribution in [2.24, 2.45) is 0 Å². The molecule has 0 fully saturated rings. The molecule has 8 heteroatoms. The molecule has 4 nitrogen and oxygen atoms in total. The molecule has 0 spiro atoms. The van der Waals surface area contributed by atoms with E-state index in [2.05, 4.69) is 16.0 Å². The summed E-state index contributed by atoms with van der Waals surface area (Å²) in [6, 6.07) is 22.3. The Hall–Kier alpha value is -2.05. The minimum Gasteiger partial charge on any atom is -0.339 e. The van der Waals surface area contributed by atoms with Gasteiger partial charge in [-0.3, -0.25) is 4.79 Å². The third kappa shape index (κ3) is 5.26. The van der Waals surface area contributed by atoms with Crippen LogP contribution in [0.5, 0.6) is 0 Å². The molecule has 144 valence electrons. The predicted molar refractivity (Wildman–Crippen MR) is 121 cm³/mol. The highest BCUT2D eigenvalue weighted by Gasteiger charge is 2.34. The minimum absolute atomic E-state index is 0.209. The number of carbonyl (C=O) groups excluding carboxylic acids is 1. The van der Waals surface area contributed by atoms with Crippen LogP contribution in [0.1, 0.15) is 10.4 Å². The summed E-state index contributed by atoms with van der Waals surface area (Å²) in [5, 5.41) is 10.9. The molecule has 3 aromatic carbocycles. The Bertz CT molecular complexity index is 987. The summed E-state index contributed by atoms with van der Waals surface area (Å²) < 4.78 is -1.82. The topological polar surface area (TPSA) is 53.2 Å². The van der Waals surface area contributed by atoms with Crippen molar-refractivity contribution in [1.29, 1.82) is 0 Å². The predicted octanol–water partition coefficient (Wildman–Crippen LogP) is 5.25. The lowest BCUT2D eigenvalue weighted by molar-refractivity contribution is 0.0934. The SMILES string of the molecule is O=C(NC(NC(=S)Nc1cccc2ccccc12)C(Cl)(Cl)Cl)c1ccccc1. The lowest BCUT2D eigenvalue weighted by Gasteiger charge is -2.28. The standard InChI is InChI=1S/C20H16Cl3N3OS/c21-20(22,23)18(25-17(27)14-8-2-1-3-9-14)26-19(28)24-16-12-6-10-13-7-4-5-11-15(13)16/h1-12,18H,(H,25,27)(H2,24,26,28). The largest absolute Gasteiger partial charge is 0.339 e. The Morgan fingerprint density at radius 2 is 1.50 bits per heavy atom. The molecule has 0 aliphatic rings. The zero-order valence-corrected chi connectivity index (χ0v) is 17.5. The Balaban J connectivity index is 1.74. The molecule has 0 saturated carbocycles. The second-order valence-corrected chi connectivity index (χ2v) is 8.72. The van der Waals surface area contributed by atoms with Crippen LogP contribution in [0.25, 0.3) is 10.8 Å². The number of thiocarbonyl (C=S) groups is 1. The van der Waals surface area contributed by atoms with Gasteiger partial charge in [0.2, 0.25) is 3.79 Å². The van der Waals surface area contributed by atoms with E-state index in [-0.39, 0.29) is 5.11 Å². The van der Waals surface area contributed by atoms with Crippen LogP contribution in [0.4, 0.5) is 5.69 Å². The van der Waals surface area contributed by atoms with Gasteiger partial charge in [0.05, 0.1) is 0 Å². The number of anilines is 1. The molecule has 1 amide bonds. The average Bonchev–Trinajstić information content (AvgIpc) is 2.67. The fraction of sp³-hybridized carbons (Fsp3) is 0.100. The third-order valence-corrected chi connectivity index (χ3v) is 4.83. The number of hydrogen-bond donors (Lipinski definition) is 3. The van der Waals surface area contributed by atoms with Gasteiger partial charge in [-0.25, -0.2) is 0 Å². The zero-order chi connectivity index (χ0) is 20.1. The van der Waals surface area contributed by atoms with Crippen molar-refractivity contribution in [3.8, 4) is 0 Å². The first-order valence-corrected chi connectivity index (χ1v) is 9.87. The van der Waals surface area contributed by atoms with E-state index in [1.807, 2.05) is 48.5 Å². The first-order valence-electron chi connectivity index (χ1n) is 8.32. The molecule has 0 saturated heterocycles. The smallest absolute Gasteiger partial charge is 0.252 e. The fourth-order valence-electron chi connectivity index (χ4n) is 2.63. The Kier molecular flexibility index (Phi) is 6.62. The molecule has 0 aliphatic carbocycles. The van der Waals surface area contributed by atoms with Crippen molar-refractivity contribution in [3.63, 3.8) is 0 Å². The number of halogens is 3. The number of amides is 1. The molecule has 0 radical (unpaired) electrons. The van der Waals surface area contributed by atoms with Gasteiger partial charge in [0.15, 0.2) is 5.11 Å². The van der Waals surface area contributed by atoms with Crippen LogP contribution in [-0.2, 0) is 0 Å². The van der Waals surface area contributed by atoms with E-state index in [1.165, 1.54) is 0 Å². The van der Waals surface area contributed by atoms with Crippen molar-refractivity contribution in [2.75, 3.05) is 5.32 Å². The van der Waals surface area contributed by atoms with Gasteiger partial charge in [-0.15, -0.1) is 0 Å². The molecule has 0 bridgehead atoms. The first-order chi connectivity index (χ1) is 13.3. The van der Waals surface area contributed by atoms with Gasteiger partial charge in [-0.2, -0.15) is 0 Å². The van der Waals surface area contributed by atoms with Crippen molar-refractivity contribution < 1.29 is 4.79 Å². The molecule has 0 aliphatic heterocycles. The molecule has 3 N–H and O–H groups in total. The molecule has 1 atom stereocenters. The number of benzene rings is 3. The van der Waals surface area contributed by atoms with E-state index in [1.54, 1.807) is 24.3 Å². The maximum atomic E-state index is 12.4. The lowest BCUT2D eigenvalue weighted by Crippen LogP contribution is -2.56. The summed E-state index contributed by atoms with van der Waals surface area (Å²) >= 11 is 23.5. The molecule has 0 heterocycles. The normalized spacial score (nSPS) is 12.2. The van der Waals surface area contributed by atoms with Crippen molar-refractivity contribution in [3.05, 3.63) is 78.4 Å². The highest BCUT2D eigenvalue weighted by molar-refractivity contribution is 7.80. The third-order valence-electron chi connectivity index (χ3n) is 3.95. The Morgan fingerprint density at radius 3 is 2.21 bits per heavy atom. The van der Waals surface area contributed by atoms with Gasteiger partial charge in [0, 0.05) is 16.6 Å². The quantitative estimate of drug-likeness (QED) is 0.287. The van der Waals surface area contributed by atoms with Crippen LogP contribution < -0.4 is 16.0 Å². The summed E-state index contributed by atoms with van der Waals surface area (Å²) in [6.07, 6.45) is -1.04. The molecular weight excluding hydrogens is 437 g/mol. The maximum Gasteiger partial charge on any atom is 0.252 e. The number of carbonyl (C=O) groups is 1. The van der Waals surface area contributed by atoms with E-state index in [4.69, 9.17) is 47.0 Å². The van der Waals surface area contributed by atoms with Crippen LogP contribution in [0.2, 0.25) is 0 Å². The number of fused-ring (bicyclic) bond motifs is 1. The molecule has 28 heavy (non-hydrogen) atoms. The summed E-state index contributed by atoms with van der Waals surface area (Å²) in [5.74, 6) is -0.391. The van der Waals surface area contributed by atoms with Crippen LogP contribution in [-0.4, -0.2) is 21.0 Å². The maximum absolute atomic E-state index is 12.4. The van der Waals surface area contributed by atoms with Crippen molar-refractivity contribution in [1.82, 2.24) is 10.6 Å². The number of hydrogen-bond acceptors (Lipinski definition) is 2. The second kappa shape index (κ2) is 8.97. The van der Waals surface area contributed by atoms with E-state index in [0.717, 1.165) is 16.5 Å². The van der Waals surface area contributed by atoms with E-state index >= 15 is 0 Å². The zero-order valence-electron chi connectivity index (χ0n) is 14.5. The molecule has 3 rings (SSSR count). The van der Waals surface area contributed by atoms with E-state index in [0.29, 0.717) is 5.56 Å². The average molecular weight is 453 g/mol. The summed E-state index contributed by atoms with van der Waals surface area (Å²) in [7, 11) is 0. The van der Waals surface area contributed by atoms with Crippen molar-refractivity contribution in [2.45, 2.75) is 9.96 Å². The summed E-state index contributed by atoms with van der Waals surface area (Å²) in [4.78, 5) is 12.4. The van der Waals surface area contributed by atoms with E-state index < -0.39 is 15.9 Å². The minimum atomic E-state index is -1.82. The Labute approximate surface area is 183 Å². The highest BCUT2D eigenvalue weighted by Crippen LogP contribution is 2.29. The van der Waals surface area contributed by atoms with E-state index in [9.17, 15) is 4.79 Å². The van der Waals surface area contributed by atoms with Gasteiger partial charge < -0.3 is 16.0 Å². The van der Waals surface area contributed by atoms with Gasteiger partial charge in [0.1, 0.15) is 6.17 Å². The number of nitrogens with one attached hydrogen (secondary N) is 3. The second-order valence-electron chi connectivity index (χ2n) is 5.94.